The molecule has 1 aromatic carbocycles. The molecule has 6 nitrogen and oxygen atoms in total. The molecule has 0 bridgehead atoms. The van der Waals surface area contributed by atoms with E-state index in [1.54, 1.807) is 6.07 Å². The number of carbonyl (C=O) groups excluding carboxylic acids is 1. The van der Waals surface area contributed by atoms with Crippen LogP contribution in [-0.2, 0) is 4.74 Å². The first-order valence-electron chi connectivity index (χ1n) is 10.3. The summed E-state index contributed by atoms with van der Waals surface area (Å²) in [6.45, 7) is 6.00. The predicted molar refractivity (Wildman–Crippen MR) is 118 cm³/mol. The number of hydrogen-bond donors (Lipinski definition) is 2. The van der Waals surface area contributed by atoms with E-state index >= 15 is 0 Å². The molecule has 10 heteroatoms. The second kappa shape index (κ2) is 10.5. The molecule has 1 amide bonds. The number of halogens is 4. The fraction of sp³-hybridized carbons (Fsp3) is 0.455. The second-order valence-electron chi connectivity index (χ2n) is 7.89. The summed E-state index contributed by atoms with van der Waals surface area (Å²) in [5, 5.41) is 6.07. The summed E-state index contributed by atoms with van der Waals surface area (Å²) in [6, 6.07) is 5.66. The Labute approximate surface area is 193 Å². The predicted octanol–water partition coefficient (Wildman–Crippen LogP) is 5.77. The van der Waals surface area contributed by atoms with E-state index in [-0.39, 0.29) is 17.6 Å². The van der Waals surface area contributed by atoms with E-state index in [9.17, 15) is 18.0 Å². The zero-order chi connectivity index (χ0) is 23.3. The van der Waals surface area contributed by atoms with Crippen LogP contribution in [0.5, 0.6) is 5.75 Å². The van der Waals surface area contributed by atoms with Crippen LogP contribution >= 0.6 is 15.9 Å². The van der Waals surface area contributed by atoms with E-state index in [2.05, 4.69) is 36.3 Å². The van der Waals surface area contributed by atoms with E-state index in [1.807, 2.05) is 13.8 Å². The molecule has 0 spiro atoms. The average Bonchev–Trinajstić information content (AvgIpc) is 2.73. The Morgan fingerprint density at radius 3 is 2.62 bits per heavy atom. The minimum atomic E-state index is -4.76. The molecule has 1 aliphatic heterocycles. The fourth-order valence-electron chi connectivity index (χ4n) is 3.42. The number of amides is 1. The van der Waals surface area contributed by atoms with Crippen LogP contribution in [0.4, 0.5) is 24.7 Å². The standard InChI is InChI=1S/C22H25BrF3N3O3/c1-13(2)16-10-20(29-19-4-3-15(9-18(19)23)32-22(24,25)26)27-12-17(16)21(30)28-11-14-5-7-31-8-6-14/h3-4,9-10,12-14H,5-8,11H2,1-2H3,(H,27,29)(H,28,30). The molecule has 0 radical (unpaired) electrons. The van der Waals surface area contributed by atoms with Gasteiger partial charge in [-0.05, 0) is 70.4 Å². The quantitative estimate of drug-likeness (QED) is 0.489. The minimum absolute atomic E-state index is 0.0633. The van der Waals surface area contributed by atoms with Crippen LogP contribution < -0.4 is 15.4 Å². The first kappa shape index (κ1) is 24.3. The molecule has 0 unspecified atom stereocenters. The molecule has 2 N–H and O–H groups in total. The minimum Gasteiger partial charge on any atom is -0.406 e. The van der Waals surface area contributed by atoms with Crippen molar-refractivity contribution in [2.75, 3.05) is 25.1 Å². The number of aromatic nitrogens is 1. The Morgan fingerprint density at radius 1 is 1.28 bits per heavy atom. The number of hydrogen-bond acceptors (Lipinski definition) is 5. The molecule has 0 aliphatic carbocycles. The topological polar surface area (TPSA) is 72.5 Å². The lowest BCUT2D eigenvalue weighted by molar-refractivity contribution is -0.274. The summed E-state index contributed by atoms with van der Waals surface area (Å²) in [6.07, 6.45) is -1.38. The molecule has 2 aromatic rings. The Kier molecular flexibility index (Phi) is 8.00. The van der Waals surface area contributed by atoms with Crippen molar-refractivity contribution in [3.63, 3.8) is 0 Å². The van der Waals surface area contributed by atoms with Crippen LogP contribution in [0.3, 0.4) is 0 Å². The van der Waals surface area contributed by atoms with Crippen LogP contribution in [0.2, 0.25) is 0 Å². The third-order valence-electron chi connectivity index (χ3n) is 5.13. The van der Waals surface area contributed by atoms with Gasteiger partial charge in [-0.3, -0.25) is 4.79 Å². The number of benzene rings is 1. The first-order valence-corrected chi connectivity index (χ1v) is 11.1. The summed E-state index contributed by atoms with van der Waals surface area (Å²) in [5.74, 6) is 0.440. The van der Waals surface area contributed by atoms with Gasteiger partial charge < -0.3 is 20.1 Å². The molecule has 174 valence electrons. The zero-order valence-electron chi connectivity index (χ0n) is 17.8. The maximum absolute atomic E-state index is 12.8. The van der Waals surface area contributed by atoms with Gasteiger partial charge in [0.25, 0.3) is 5.91 Å². The van der Waals surface area contributed by atoms with Crippen molar-refractivity contribution in [1.82, 2.24) is 10.3 Å². The molecule has 0 atom stereocenters. The van der Waals surface area contributed by atoms with Crippen molar-refractivity contribution in [2.45, 2.75) is 39.0 Å². The van der Waals surface area contributed by atoms with E-state index in [0.29, 0.717) is 34.0 Å². The average molecular weight is 516 g/mol. The lowest BCUT2D eigenvalue weighted by atomic mass is 9.97. The zero-order valence-corrected chi connectivity index (χ0v) is 19.3. The third kappa shape index (κ3) is 6.83. The summed E-state index contributed by atoms with van der Waals surface area (Å²) < 4.78 is 46.9. The lowest BCUT2D eigenvalue weighted by Gasteiger charge is -2.22. The molecule has 32 heavy (non-hydrogen) atoms. The van der Waals surface area contributed by atoms with Crippen LogP contribution in [0, 0.1) is 5.92 Å². The normalized spacial score (nSPS) is 15.0. The lowest BCUT2D eigenvalue weighted by Crippen LogP contribution is -2.32. The van der Waals surface area contributed by atoms with E-state index in [1.165, 1.54) is 24.4 Å². The maximum atomic E-state index is 12.8. The van der Waals surface area contributed by atoms with E-state index in [0.717, 1.165) is 31.6 Å². The van der Waals surface area contributed by atoms with E-state index in [4.69, 9.17) is 4.74 Å². The van der Waals surface area contributed by atoms with Crippen molar-refractivity contribution in [3.05, 3.63) is 46.1 Å². The van der Waals surface area contributed by atoms with Gasteiger partial charge in [-0.25, -0.2) is 4.98 Å². The molecule has 1 aromatic heterocycles. The summed E-state index contributed by atoms with van der Waals surface area (Å²) >= 11 is 3.24. The Bertz CT molecular complexity index is 948. The molecule has 2 heterocycles. The van der Waals surface area contributed by atoms with Crippen LogP contribution in [0.25, 0.3) is 0 Å². The van der Waals surface area contributed by atoms with Gasteiger partial charge in [0.1, 0.15) is 11.6 Å². The molecule has 3 rings (SSSR count). The molecule has 1 saturated heterocycles. The summed E-state index contributed by atoms with van der Waals surface area (Å²) in [4.78, 5) is 17.1. The van der Waals surface area contributed by atoms with Gasteiger partial charge in [0.05, 0.1) is 11.3 Å². The number of alkyl halides is 3. The highest BCUT2D eigenvalue weighted by Crippen LogP contribution is 2.32. The Balaban J connectivity index is 1.72. The smallest absolute Gasteiger partial charge is 0.406 e. The number of anilines is 2. The molecule has 1 aliphatic rings. The van der Waals surface area contributed by atoms with Gasteiger partial charge >= 0.3 is 6.36 Å². The number of rotatable bonds is 7. The molecule has 0 saturated carbocycles. The van der Waals surface area contributed by atoms with Crippen molar-refractivity contribution in [3.8, 4) is 5.75 Å². The Hall–Kier alpha value is -2.33. The second-order valence-corrected chi connectivity index (χ2v) is 8.75. The molecular formula is C22H25BrF3N3O3. The fourth-order valence-corrected chi connectivity index (χ4v) is 3.88. The maximum Gasteiger partial charge on any atom is 0.573 e. The first-order chi connectivity index (χ1) is 15.1. The van der Waals surface area contributed by atoms with Gasteiger partial charge in [-0.2, -0.15) is 0 Å². The number of carbonyl (C=O) groups is 1. The third-order valence-corrected chi connectivity index (χ3v) is 5.79. The number of ether oxygens (including phenoxy) is 2. The number of nitrogens with zero attached hydrogens (tertiary/aromatic N) is 1. The monoisotopic (exact) mass is 515 g/mol. The molecule has 1 fully saturated rings. The van der Waals surface area contributed by atoms with Gasteiger partial charge in [-0.1, -0.05) is 13.8 Å². The van der Waals surface area contributed by atoms with Gasteiger partial charge in [-0.15, -0.1) is 13.2 Å². The summed E-state index contributed by atoms with van der Waals surface area (Å²) in [7, 11) is 0. The van der Waals surface area contributed by atoms with Crippen LogP contribution in [0.15, 0.2) is 34.9 Å². The van der Waals surface area contributed by atoms with Gasteiger partial charge in [0.2, 0.25) is 0 Å². The highest BCUT2D eigenvalue weighted by molar-refractivity contribution is 9.10. The highest BCUT2D eigenvalue weighted by atomic mass is 79.9. The molecular weight excluding hydrogens is 491 g/mol. The summed E-state index contributed by atoms with van der Waals surface area (Å²) in [5.41, 5.74) is 1.84. The van der Waals surface area contributed by atoms with Gasteiger partial charge in [0.15, 0.2) is 0 Å². The van der Waals surface area contributed by atoms with E-state index < -0.39 is 6.36 Å². The largest absolute Gasteiger partial charge is 0.573 e. The van der Waals surface area contributed by atoms with Crippen molar-refractivity contribution < 1.29 is 27.4 Å². The highest BCUT2D eigenvalue weighted by Gasteiger charge is 2.31. The van der Waals surface area contributed by atoms with Gasteiger partial charge in [0, 0.05) is 30.4 Å². The van der Waals surface area contributed by atoms with Crippen molar-refractivity contribution >= 4 is 33.3 Å². The van der Waals surface area contributed by atoms with Crippen LogP contribution in [-0.4, -0.2) is 37.0 Å². The number of pyridine rings is 1. The SMILES string of the molecule is CC(C)c1cc(Nc2ccc(OC(F)(F)F)cc2Br)ncc1C(=O)NCC1CCOCC1. The van der Waals surface area contributed by atoms with Crippen LogP contribution in [0.1, 0.15) is 48.5 Å². The Morgan fingerprint density at radius 2 is 2.00 bits per heavy atom. The van der Waals surface area contributed by atoms with Crippen molar-refractivity contribution in [1.29, 1.82) is 0 Å². The van der Waals surface area contributed by atoms with Crippen molar-refractivity contribution in [2.24, 2.45) is 5.92 Å². The number of nitrogens with one attached hydrogen (secondary N) is 2.